The van der Waals surface area contributed by atoms with Gasteiger partial charge in [-0.3, -0.25) is 20.8 Å². The Kier molecular flexibility index (Phi) is 15.7. The Morgan fingerprint density at radius 2 is 1.21 bits per heavy atom. The molecule has 2 heterocycles. The average Bonchev–Trinajstić information content (AvgIpc) is 2.68. The molecule has 2 aromatic rings. The van der Waals surface area contributed by atoms with Gasteiger partial charge in [0.1, 0.15) is 0 Å². The normalized spacial score (nSPS) is 10.1. The molecule has 0 saturated heterocycles. The molecule has 29 heavy (non-hydrogen) atoms. The first-order valence-electron chi connectivity index (χ1n) is 8.06. The van der Waals surface area contributed by atoms with Gasteiger partial charge in [0.25, 0.3) is 0 Å². The molecule has 2 N–H and O–H groups in total. The fraction of sp³-hybridized carbons (Fsp3) is 0.222. The number of aromatic nitrogens is 2. The third-order valence-corrected chi connectivity index (χ3v) is 5.00. The minimum absolute atomic E-state index is 0. The first-order valence-corrected chi connectivity index (χ1v) is 11.3. The topological polar surface area (TPSA) is 74.6 Å². The fourth-order valence-electron chi connectivity index (χ4n) is 1.67. The van der Waals surface area contributed by atoms with Crippen LogP contribution in [0.1, 0.15) is 22.8 Å². The van der Waals surface area contributed by atoms with Crippen molar-refractivity contribution in [3.63, 3.8) is 0 Å². The summed E-state index contributed by atoms with van der Waals surface area (Å²) in [5.74, 6) is 0. The van der Waals surface area contributed by atoms with Gasteiger partial charge in [-0.05, 0) is 50.6 Å². The van der Waals surface area contributed by atoms with Crippen molar-refractivity contribution >= 4 is 69.0 Å². The average molecular weight is 514 g/mol. The molecule has 0 bridgehead atoms. The Morgan fingerprint density at radius 3 is 1.52 bits per heavy atom. The molecule has 0 aliphatic rings. The number of thioether (sulfide) groups is 2. The molecule has 0 unspecified atom stereocenters. The maximum Gasteiger partial charge on any atom is 0.153 e. The van der Waals surface area contributed by atoms with Crippen molar-refractivity contribution in [3.05, 3.63) is 59.2 Å². The van der Waals surface area contributed by atoms with Gasteiger partial charge in [0, 0.05) is 28.5 Å². The minimum atomic E-state index is 0. The van der Waals surface area contributed by atoms with E-state index in [4.69, 9.17) is 24.4 Å². The molecule has 0 fully saturated rings. The predicted octanol–water partition coefficient (Wildman–Crippen LogP) is 3.92. The van der Waals surface area contributed by atoms with Crippen molar-refractivity contribution in [1.29, 1.82) is 0 Å². The second kappa shape index (κ2) is 16.4. The van der Waals surface area contributed by atoms with Gasteiger partial charge in [-0.1, -0.05) is 60.1 Å². The molecular weight excluding hydrogens is 492 g/mol. The largest absolute Gasteiger partial charge is 0.262 e. The molecule has 2 aromatic heterocycles. The molecule has 0 aliphatic heterocycles. The van der Waals surface area contributed by atoms with Crippen molar-refractivity contribution in [1.82, 2.24) is 20.8 Å². The van der Waals surface area contributed by atoms with Gasteiger partial charge in [0.05, 0.1) is 23.8 Å². The zero-order chi connectivity index (χ0) is 20.8. The maximum absolute atomic E-state index is 4.91. The first kappa shape index (κ1) is 27.6. The van der Waals surface area contributed by atoms with Gasteiger partial charge in [-0.25, -0.2) is 0 Å². The van der Waals surface area contributed by atoms with E-state index in [0.29, 0.717) is 8.64 Å². The van der Waals surface area contributed by atoms with Crippen LogP contribution in [0.15, 0.2) is 46.6 Å². The molecular formula is C18H22CuN6S4. The summed E-state index contributed by atoms with van der Waals surface area (Å²) < 4.78 is 1.29. The van der Waals surface area contributed by atoms with Gasteiger partial charge in [-0.15, -0.1) is 0 Å². The van der Waals surface area contributed by atoms with Crippen molar-refractivity contribution in [2.24, 2.45) is 10.2 Å². The van der Waals surface area contributed by atoms with Gasteiger partial charge < -0.3 is 0 Å². The Morgan fingerprint density at radius 1 is 0.828 bits per heavy atom. The van der Waals surface area contributed by atoms with E-state index in [2.05, 4.69) is 31.0 Å². The van der Waals surface area contributed by atoms with Crippen LogP contribution in [0.25, 0.3) is 0 Å². The molecule has 0 aromatic carbocycles. The summed E-state index contributed by atoms with van der Waals surface area (Å²) in [4.78, 5) is 8.51. The number of nitrogens with zero attached hydrogens (tertiary/aromatic N) is 4. The standard InChI is InChI=1S/2C9H11N3S2.Cu/c2*1-7-4-3-5-8(11-7)6-10-12-9(13)14-2;/h2*3-6H,1-2H3,(H,12,13);. The van der Waals surface area contributed by atoms with Gasteiger partial charge in [0.15, 0.2) is 8.64 Å². The van der Waals surface area contributed by atoms with E-state index < -0.39 is 0 Å². The number of hydrogen-bond acceptors (Lipinski definition) is 8. The SMILES string of the molecule is CSC(=S)NN=Cc1cccc(C)n1.CSC(=S)NN=Cc1cccc(C)n1.[Cu]. The monoisotopic (exact) mass is 513 g/mol. The molecule has 0 aliphatic carbocycles. The quantitative estimate of drug-likeness (QED) is 0.276. The summed E-state index contributed by atoms with van der Waals surface area (Å²) in [7, 11) is 0. The summed E-state index contributed by atoms with van der Waals surface area (Å²) in [5.41, 5.74) is 9.04. The molecule has 0 spiro atoms. The first-order chi connectivity index (χ1) is 13.4. The van der Waals surface area contributed by atoms with Crippen LogP contribution >= 0.6 is 48.0 Å². The summed E-state index contributed by atoms with van der Waals surface area (Å²) in [6, 6.07) is 11.5. The van der Waals surface area contributed by atoms with E-state index in [-0.39, 0.29) is 17.1 Å². The molecule has 159 valence electrons. The Balaban J connectivity index is 0.000000523. The van der Waals surface area contributed by atoms with Crippen LogP contribution in [0.4, 0.5) is 0 Å². The molecule has 2 rings (SSSR count). The number of pyridine rings is 2. The van der Waals surface area contributed by atoms with Crippen LogP contribution < -0.4 is 10.9 Å². The number of hydrogen-bond donors (Lipinski definition) is 2. The molecule has 0 atom stereocenters. The summed E-state index contributed by atoms with van der Waals surface area (Å²) >= 11 is 12.7. The second-order valence-electron chi connectivity index (χ2n) is 5.13. The van der Waals surface area contributed by atoms with E-state index in [1.807, 2.05) is 62.8 Å². The zero-order valence-electron chi connectivity index (χ0n) is 16.3. The van der Waals surface area contributed by atoms with E-state index in [9.17, 15) is 0 Å². The van der Waals surface area contributed by atoms with Crippen LogP contribution in [0.3, 0.4) is 0 Å². The van der Waals surface area contributed by atoms with Crippen LogP contribution in [0.5, 0.6) is 0 Å². The number of hydrazone groups is 2. The van der Waals surface area contributed by atoms with E-state index in [1.165, 1.54) is 23.5 Å². The van der Waals surface area contributed by atoms with Gasteiger partial charge in [0.2, 0.25) is 0 Å². The van der Waals surface area contributed by atoms with Gasteiger partial charge >= 0.3 is 0 Å². The number of aryl methyl sites for hydroxylation is 2. The summed E-state index contributed by atoms with van der Waals surface area (Å²) in [6.07, 6.45) is 7.09. The van der Waals surface area contributed by atoms with E-state index in [0.717, 1.165) is 22.8 Å². The Bertz CT molecular complexity index is 775. The molecule has 1 radical (unpaired) electrons. The van der Waals surface area contributed by atoms with Crippen LogP contribution in [0.2, 0.25) is 0 Å². The smallest absolute Gasteiger partial charge is 0.153 e. The van der Waals surface area contributed by atoms with Crippen LogP contribution in [0, 0.1) is 13.8 Å². The van der Waals surface area contributed by atoms with Crippen molar-refractivity contribution in [3.8, 4) is 0 Å². The van der Waals surface area contributed by atoms with Gasteiger partial charge in [-0.2, -0.15) is 10.2 Å². The van der Waals surface area contributed by atoms with Crippen LogP contribution in [-0.4, -0.2) is 43.5 Å². The number of rotatable bonds is 4. The fourth-order valence-corrected chi connectivity index (χ4v) is 2.06. The van der Waals surface area contributed by atoms with Crippen molar-refractivity contribution in [2.45, 2.75) is 13.8 Å². The molecule has 0 amide bonds. The zero-order valence-corrected chi connectivity index (χ0v) is 20.5. The van der Waals surface area contributed by atoms with Crippen molar-refractivity contribution in [2.75, 3.05) is 12.5 Å². The second-order valence-corrected chi connectivity index (χ2v) is 8.10. The third-order valence-electron chi connectivity index (χ3n) is 2.90. The third kappa shape index (κ3) is 13.5. The number of nitrogens with one attached hydrogen (secondary N) is 2. The summed E-state index contributed by atoms with van der Waals surface area (Å²) in [5, 5.41) is 7.91. The minimum Gasteiger partial charge on any atom is -0.262 e. The molecule has 6 nitrogen and oxygen atoms in total. The molecule has 11 heteroatoms. The maximum atomic E-state index is 4.91. The summed E-state index contributed by atoms with van der Waals surface area (Å²) in [6.45, 7) is 3.88. The Hall–Kier alpha value is -1.36. The van der Waals surface area contributed by atoms with Crippen LogP contribution in [-0.2, 0) is 17.1 Å². The number of thiocarbonyl (C=S) groups is 2. The van der Waals surface area contributed by atoms with Crippen molar-refractivity contribution < 1.29 is 17.1 Å². The van der Waals surface area contributed by atoms with E-state index in [1.54, 1.807) is 12.4 Å². The predicted molar refractivity (Wildman–Crippen MR) is 132 cm³/mol. The Labute approximate surface area is 201 Å². The molecule has 0 saturated carbocycles. The van der Waals surface area contributed by atoms with E-state index >= 15 is 0 Å².